The molecule has 0 aliphatic heterocycles. The lowest BCUT2D eigenvalue weighted by atomic mass is 9.98. The van der Waals surface area contributed by atoms with Crippen molar-refractivity contribution in [2.45, 2.75) is 19.9 Å². The summed E-state index contributed by atoms with van der Waals surface area (Å²) < 4.78 is 0. The molecule has 9 nitrogen and oxygen atoms in total. The molecule has 0 saturated carbocycles. The summed E-state index contributed by atoms with van der Waals surface area (Å²) in [5, 5.41) is 31.3. The standard InChI is InChI=1S/C22H21N7O2/c1-2-13-29(19-11-12-23-24-20(19)22(30)31)14-15-7-9-16(10-8-15)17-5-3-4-6-18(17)21-25-27-28-26-21/h3-12H,2,13-14H2,1H3,(H,30,31)(H,25,26,27,28). The zero-order chi connectivity index (χ0) is 21.6. The molecule has 4 aromatic rings. The van der Waals surface area contributed by atoms with Crippen molar-refractivity contribution in [3.8, 4) is 22.5 Å². The molecule has 31 heavy (non-hydrogen) atoms. The average molecular weight is 415 g/mol. The maximum Gasteiger partial charge on any atom is 0.358 e. The summed E-state index contributed by atoms with van der Waals surface area (Å²) in [6, 6.07) is 17.8. The first-order valence-corrected chi connectivity index (χ1v) is 9.89. The van der Waals surface area contributed by atoms with Crippen LogP contribution in [0.5, 0.6) is 0 Å². The van der Waals surface area contributed by atoms with Crippen LogP contribution in [0.3, 0.4) is 0 Å². The van der Waals surface area contributed by atoms with E-state index in [-0.39, 0.29) is 5.69 Å². The molecule has 4 rings (SSSR count). The molecule has 0 unspecified atom stereocenters. The molecule has 0 spiro atoms. The van der Waals surface area contributed by atoms with Crippen molar-refractivity contribution < 1.29 is 9.90 Å². The molecule has 0 saturated heterocycles. The molecule has 0 aliphatic carbocycles. The number of aromatic amines is 1. The number of hydrogen-bond donors (Lipinski definition) is 2. The second-order valence-corrected chi connectivity index (χ2v) is 6.97. The summed E-state index contributed by atoms with van der Waals surface area (Å²) in [6.45, 7) is 3.32. The highest BCUT2D eigenvalue weighted by molar-refractivity contribution is 5.91. The molecule has 2 heterocycles. The molecule has 2 aromatic heterocycles. The number of tetrazole rings is 1. The lowest BCUT2D eigenvalue weighted by Crippen LogP contribution is -2.26. The molecule has 9 heteroatoms. The van der Waals surface area contributed by atoms with Crippen LogP contribution in [-0.4, -0.2) is 48.4 Å². The molecule has 0 fully saturated rings. The van der Waals surface area contributed by atoms with Gasteiger partial charge in [0, 0.05) is 18.7 Å². The van der Waals surface area contributed by atoms with Crippen LogP contribution in [0.2, 0.25) is 0 Å². The summed E-state index contributed by atoms with van der Waals surface area (Å²) in [4.78, 5) is 13.6. The van der Waals surface area contributed by atoms with E-state index in [1.165, 1.54) is 6.20 Å². The van der Waals surface area contributed by atoms with Crippen LogP contribution in [-0.2, 0) is 6.54 Å². The number of carboxylic acid groups (broad SMARTS) is 1. The van der Waals surface area contributed by atoms with Crippen LogP contribution >= 0.6 is 0 Å². The number of benzene rings is 2. The first kappa shape index (κ1) is 20.1. The molecular formula is C22H21N7O2. The second kappa shape index (κ2) is 9.12. The topological polar surface area (TPSA) is 121 Å². The van der Waals surface area contributed by atoms with Gasteiger partial charge in [0.25, 0.3) is 0 Å². The zero-order valence-electron chi connectivity index (χ0n) is 16.9. The Morgan fingerprint density at radius 3 is 2.48 bits per heavy atom. The molecule has 0 amide bonds. The SMILES string of the molecule is CCCN(Cc1ccc(-c2ccccc2-c2nn[nH]n2)cc1)c1ccnnc1C(=O)O. The van der Waals surface area contributed by atoms with E-state index < -0.39 is 5.97 Å². The fourth-order valence-corrected chi connectivity index (χ4v) is 3.50. The lowest BCUT2D eigenvalue weighted by Gasteiger charge is -2.25. The third-order valence-corrected chi connectivity index (χ3v) is 4.89. The van der Waals surface area contributed by atoms with E-state index in [2.05, 4.69) is 37.7 Å². The Labute approximate surface area is 178 Å². The van der Waals surface area contributed by atoms with Gasteiger partial charge in [0.2, 0.25) is 5.82 Å². The number of carbonyl (C=O) groups is 1. The van der Waals surface area contributed by atoms with Crippen LogP contribution in [0.4, 0.5) is 5.69 Å². The summed E-state index contributed by atoms with van der Waals surface area (Å²) in [6.07, 6.45) is 2.39. The van der Waals surface area contributed by atoms with E-state index in [0.717, 1.165) is 28.7 Å². The highest BCUT2D eigenvalue weighted by Gasteiger charge is 2.18. The van der Waals surface area contributed by atoms with Crippen LogP contribution in [0.15, 0.2) is 60.8 Å². The number of nitrogens with zero attached hydrogens (tertiary/aromatic N) is 6. The average Bonchev–Trinajstić information content (AvgIpc) is 3.34. The molecule has 0 atom stereocenters. The fourth-order valence-electron chi connectivity index (χ4n) is 3.50. The van der Waals surface area contributed by atoms with E-state index in [4.69, 9.17) is 0 Å². The largest absolute Gasteiger partial charge is 0.476 e. The number of anilines is 1. The van der Waals surface area contributed by atoms with Gasteiger partial charge in [0.1, 0.15) is 0 Å². The predicted octanol–water partition coefficient (Wildman–Crippen LogP) is 3.44. The Bertz CT molecular complexity index is 1160. The van der Waals surface area contributed by atoms with Crippen molar-refractivity contribution in [1.82, 2.24) is 30.8 Å². The van der Waals surface area contributed by atoms with E-state index in [1.807, 2.05) is 53.4 Å². The maximum atomic E-state index is 11.6. The third-order valence-electron chi connectivity index (χ3n) is 4.89. The van der Waals surface area contributed by atoms with Gasteiger partial charge in [-0.2, -0.15) is 10.3 Å². The minimum atomic E-state index is -1.09. The Morgan fingerprint density at radius 1 is 1.03 bits per heavy atom. The smallest absolute Gasteiger partial charge is 0.358 e. The monoisotopic (exact) mass is 415 g/mol. The number of H-pyrrole nitrogens is 1. The Morgan fingerprint density at radius 2 is 1.81 bits per heavy atom. The summed E-state index contributed by atoms with van der Waals surface area (Å²) >= 11 is 0. The molecule has 0 radical (unpaired) electrons. The minimum absolute atomic E-state index is 0.0402. The van der Waals surface area contributed by atoms with Crippen LogP contribution in [0, 0.1) is 0 Å². The van der Waals surface area contributed by atoms with Crippen LogP contribution < -0.4 is 4.90 Å². The zero-order valence-corrected chi connectivity index (χ0v) is 16.9. The number of aromatic carboxylic acids is 1. The molecule has 2 aromatic carbocycles. The molecule has 0 aliphatic rings. The highest BCUT2D eigenvalue weighted by atomic mass is 16.4. The van der Waals surface area contributed by atoms with E-state index in [0.29, 0.717) is 24.6 Å². The molecule has 0 bridgehead atoms. The van der Waals surface area contributed by atoms with Gasteiger partial charge in [-0.15, -0.1) is 15.3 Å². The lowest BCUT2D eigenvalue weighted by molar-refractivity contribution is 0.0690. The number of rotatable bonds is 8. The van der Waals surface area contributed by atoms with Gasteiger partial charge in [-0.3, -0.25) is 0 Å². The molecule has 156 valence electrons. The van der Waals surface area contributed by atoms with Crippen molar-refractivity contribution in [2.75, 3.05) is 11.4 Å². The number of nitrogens with one attached hydrogen (secondary N) is 1. The van der Waals surface area contributed by atoms with Gasteiger partial charge < -0.3 is 10.0 Å². The first-order chi connectivity index (χ1) is 15.2. The van der Waals surface area contributed by atoms with Crippen molar-refractivity contribution in [2.24, 2.45) is 0 Å². The van der Waals surface area contributed by atoms with Crippen molar-refractivity contribution >= 4 is 11.7 Å². The van der Waals surface area contributed by atoms with Crippen molar-refractivity contribution in [1.29, 1.82) is 0 Å². The van der Waals surface area contributed by atoms with Gasteiger partial charge >= 0.3 is 5.97 Å². The van der Waals surface area contributed by atoms with E-state index in [9.17, 15) is 9.90 Å². The van der Waals surface area contributed by atoms with Gasteiger partial charge in [0.15, 0.2) is 5.69 Å². The number of carboxylic acids is 1. The Kier molecular flexibility index (Phi) is 5.93. The number of aromatic nitrogens is 6. The predicted molar refractivity (Wildman–Crippen MR) is 115 cm³/mol. The first-order valence-electron chi connectivity index (χ1n) is 9.89. The van der Waals surface area contributed by atoms with Gasteiger partial charge in [-0.1, -0.05) is 55.5 Å². The summed E-state index contributed by atoms with van der Waals surface area (Å²) in [5.41, 5.74) is 4.51. The Balaban J connectivity index is 1.61. The molecule has 2 N–H and O–H groups in total. The fraction of sp³-hybridized carbons (Fsp3) is 0.182. The maximum absolute atomic E-state index is 11.6. The van der Waals surface area contributed by atoms with Gasteiger partial charge in [-0.25, -0.2) is 4.79 Å². The van der Waals surface area contributed by atoms with E-state index in [1.54, 1.807) is 6.07 Å². The van der Waals surface area contributed by atoms with Crippen molar-refractivity contribution in [3.05, 3.63) is 72.1 Å². The number of hydrogen-bond acceptors (Lipinski definition) is 7. The summed E-state index contributed by atoms with van der Waals surface area (Å²) in [5.74, 6) is -0.544. The Hall–Kier alpha value is -4.14. The van der Waals surface area contributed by atoms with Crippen LogP contribution in [0.1, 0.15) is 29.4 Å². The van der Waals surface area contributed by atoms with Crippen molar-refractivity contribution in [3.63, 3.8) is 0 Å². The normalized spacial score (nSPS) is 10.7. The third kappa shape index (κ3) is 4.40. The van der Waals surface area contributed by atoms with E-state index >= 15 is 0 Å². The second-order valence-electron chi connectivity index (χ2n) is 6.97. The summed E-state index contributed by atoms with van der Waals surface area (Å²) in [7, 11) is 0. The van der Waals surface area contributed by atoms with Gasteiger partial charge in [-0.05, 0) is 34.4 Å². The quantitative estimate of drug-likeness (QED) is 0.449. The minimum Gasteiger partial charge on any atom is -0.476 e. The van der Waals surface area contributed by atoms with Crippen LogP contribution in [0.25, 0.3) is 22.5 Å². The highest BCUT2D eigenvalue weighted by Crippen LogP contribution is 2.30. The van der Waals surface area contributed by atoms with Gasteiger partial charge in [0.05, 0.1) is 11.9 Å². The molecular weight excluding hydrogens is 394 g/mol.